The van der Waals surface area contributed by atoms with Crippen molar-refractivity contribution in [1.82, 2.24) is 5.32 Å². The molecule has 0 bridgehead atoms. The zero-order chi connectivity index (χ0) is 14.3. The van der Waals surface area contributed by atoms with Crippen LogP contribution in [0.25, 0.3) is 0 Å². The van der Waals surface area contributed by atoms with Crippen LogP contribution in [0.2, 0.25) is 0 Å². The van der Waals surface area contributed by atoms with Gasteiger partial charge in [0.05, 0.1) is 0 Å². The Labute approximate surface area is 125 Å². The standard InChI is InChI=1S/C15H16BrF2NO/c16-10-5-12(17)14(13(18)6-10)15(20)19-7-11(8-1-2-8)9-3-4-9/h5-6,8-9,11H,1-4,7H2,(H,19,20). The summed E-state index contributed by atoms with van der Waals surface area (Å²) in [4.78, 5) is 12.0. The van der Waals surface area contributed by atoms with Crippen molar-refractivity contribution in [2.75, 3.05) is 6.54 Å². The van der Waals surface area contributed by atoms with Crippen LogP contribution < -0.4 is 5.32 Å². The van der Waals surface area contributed by atoms with Gasteiger partial charge in [0.15, 0.2) is 0 Å². The van der Waals surface area contributed by atoms with E-state index in [1.54, 1.807) is 0 Å². The second kappa shape index (κ2) is 5.43. The van der Waals surface area contributed by atoms with E-state index in [1.165, 1.54) is 25.7 Å². The van der Waals surface area contributed by atoms with Gasteiger partial charge in [-0.3, -0.25) is 4.79 Å². The molecule has 5 heteroatoms. The molecule has 108 valence electrons. The lowest BCUT2D eigenvalue weighted by Crippen LogP contribution is -2.32. The highest BCUT2D eigenvalue weighted by Crippen LogP contribution is 2.48. The fourth-order valence-electron chi connectivity index (χ4n) is 2.83. The molecule has 0 heterocycles. The van der Waals surface area contributed by atoms with E-state index in [9.17, 15) is 13.6 Å². The summed E-state index contributed by atoms with van der Waals surface area (Å²) in [5, 5.41) is 2.71. The lowest BCUT2D eigenvalue weighted by atomic mass is 9.98. The van der Waals surface area contributed by atoms with Crippen molar-refractivity contribution in [3.05, 3.63) is 33.8 Å². The van der Waals surface area contributed by atoms with Crippen LogP contribution in [0.1, 0.15) is 36.0 Å². The van der Waals surface area contributed by atoms with Crippen molar-refractivity contribution in [1.29, 1.82) is 0 Å². The molecule has 1 aromatic rings. The average Bonchev–Trinajstić information content (AvgIpc) is 3.23. The molecule has 1 N–H and O–H groups in total. The molecule has 0 aliphatic heterocycles. The van der Waals surface area contributed by atoms with Crippen molar-refractivity contribution in [3.63, 3.8) is 0 Å². The van der Waals surface area contributed by atoms with Gasteiger partial charge in [-0.1, -0.05) is 15.9 Å². The van der Waals surface area contributed by atoms with E-state index in [0.29, 0.717) is 24.3 Å². The van der Waals surface area contributed by atoms with Gasteiger partial charge >= 0.3 is 0 Å². The Bertz CT molecular complexity index is 506. The first kappa shape index (κ1) is 14.0. The summed E-state index contributed by atoms with van der Waals surface area (Å²) in [5.41, 5.74) is -0.487. The zero-order valence-electron chi connectivity index (χ0n) is 11.0. The first-order chi connectivity index (χ1) is 9.56. The molecule has 20 heavy (non-hydrogen) atoms. The molecular weight excluding hydrogens is 328 g/mol. The average molecular weight is 344 g/mol. The maximum atomic E-state index is 13.7. The molecule has 0 radical (unpaired) electrons. The van der Waals surface area contributed by atoms with E-state index in [-0.39, 0.29) is 4.47 Å². The molecule has 2 aliphatic carbocycles. The largest absolute Gasteiger partial charge is 0.352 e. The number of hydrogen-bond acceptors (Lipinski definition) is 1. The lowest BCUT2D eigenvalue weighted by molar-refractivity contribution is 0.0935. The Morgan fingerprint density at radius 3 is 2.15 bits per heavy atom. The van der Waals surface area contributed by atoms with E-state index in [1.807, 2.05) is 0 Å². The van der Waals surface area contributed by atoms with Gasteiger partial charge in [0.25, 0.3) is 5.91 Å². The van der Waals surface area contributed by atoms with Crippen molar-refractivity contribution in [3.8, 4) is 0 Å². The predicted molar refractivity (Wildman–Crippen MR) is 75.3 cm³/mol. The molecule has 1 amide bonds. The van der Waals surface area contributed by atoms with Crippen LogP contribution in [-0.4, -0.2) is 12.5 Å². The summed E-state index contributed by atoms with van der Waals surface area (Å²) >= 11 is 3.00. The normalized spacial score (nSPS) is 18.4. The van der Waals surface area contributed by atoms with Crippen molar-refractivity contribution >= 4 is 21.8 Å². The van der Waals surface area contributed by atoms with Crippen LogP contribution in [0.15, 0.2) is 16.6 Å². The second-order valence-corrected chi connectivity index (χ2v) is 6.71. The van der Waals surface area contributed by atoms with Crippen molar-refractivity contribution in [2.24, 2.45) is 17.8 Å². The van der Waals surface area contributed by atoms with Gasteiger partial charge in [-0.15, -0.1) is 0 Å². The first-order valence-electron chi connectivity index (χ1n) is 6.99. The highest BCUT2D eigenvalue weighted by Gasteiger charge is 2.41. The number of carbonyl (C=O) groups excluding carboxylic acids is 1. The molecule has 3 rings (SSSR count). The van der Waals surface area contributed by atoms with Gasteiger partial charge in [-0.2, -0.15) is 0 Å². The quantitative estimate of drug-likeness (QED) is 0.863. The summed E-state index contributed by atoms with van der Waals surface area (Å²) < 4.78 is 27.7. The van der Waals surface area contributed by atoms with Crippen LogP contribution in [-0.2, 0) is 0 Å². The Kier molecular flexibility index (Phi) is 3.80. The van der Waals surface area contributed by atoms with Gasteiger partial charge in [0.1, 0.15) is 17.2 Å². The van der Waals surface area contributed by atoms with Crippen LogP contribution in [0, 0.1) is 29.4 Å². The number of carbonyl (C=O) groups is 1. The van der Waals surface area contributed by atoms with Crippen molar-refractivity contribution in [2.45, 2.75) is 25.7 Å². The van der Waals surface area contributed by atoms with E-state index >= 15 is 0 Å². The summed E-state index contributed by atoms with van der Waals surface area (Å²) in [6.45, 7) is 0.531. The first-order valence-corrected chi connectivity index (χ1v) is 7.78. The SMILES string of the molecule is O=C(NCC(C1CC1)C1CC1)c1c(F)cc(Br)cc1F. The maximum absolute atomic E-state index is 13.7. The molecule has 2 nitrogen and oxygen atoms in total. The lowest BCUT2D eigenvalue weighted by Gasteiger charge is -2.16. The molecule has 1 aromatic carbocycles. The fraction of sp³-hybridized carbons (Fsp3) is 0.533. The number of benzene rings is 1. The zero-order valence-corrected chi connectivity index (χ0v) is 12.6. The highest BCUT2D eigenvalue weighted by molar-refractivity contribution is 9.10. The molecule has 0 atom stereocenters. The molecule has 0 spiro atoms. The van der Waals surface area contributed by atoms with Gasteiger partial charge in [0, 0.05) is 11.0 Å². The Morgan fingerprint density at radius 1 is 1.20 bits per heavy atom. The molecule has 2 aliphatic rings. The van der Waals surface area contributed by atoms with E-state index in [4.69, 9.17) is 0 Å². The Balaban J connectivity index is 1.67. The molecule has 0 unspecified atom stereocenters. The molecule has 2 fully saturated rings. The number of amides is 1. The number of nitrogens with one attached hydrogen (secondary N) is 1. The number of hydrogen-bond donors (Lipinski definition) is 1. The molecule has 0 aromatic heterocycles. The summed E-state index contributed by atoms with van der Waals surface area (Å²) in [6.07, 6.45) is 4.88. The topological polar surface area (TPSA) is 29.1 Å². The Hall–Kier alpha value is -0.970. The van der Waals surface area contributed by atoms with Crippen LogP contribution in [0.4, 0.5) is 8.78 Å². The minimum absolute atomic E-state index is 0.290. The van der Waals surface area contributed by atoms with Gasteiger partial charge in [-0.05, 0) is 55.6 Å². The van der Waals surface area contributed by atoms with Crippen LogP contribution in [0.5, 0.6) is 0 Å². The van der Waals surface area contributed by atoms with Crippen molar-refractivity contribution < 1.29 is 13.6 Å². The van der Waals surface area contributed by atoms with E-state index < -0.39 is 23.1 Å². The van der Waals surface area contributed by atoms with Gasteiger partial charge in [0.2, 0.25) is 0 Å². The second-order valence-electron chi connectivity index (χ2n) is 5.79. The third-order valence-corrected chi connectivity index (χ3v) is 4.65. The summed E-state index contributed by atoms with van der Waals surface area (Å²) in [5.74, 6) is -0.434. The Morgan fingerprint density at radius 2 is 1.70 bits per heavy atom. The monoisotopic (exact) mass is 343 g/mol. The van der Waals surface area contributed by atoms with E-state index in [0.717, 1.165) is 12.1 Å². The molecular formula is C15H16BrF2NO. The summed E-state index contributed by atoms with van der Waals surface area (Å²) in [7, 11) is 0. The third kappa shape index (κ3) is 3.03. The molecule has 0 saturated heterocycles. The van der Waals surface area contributed by atoms with Crippen LogP contribution >= 0.6 is 15.9 Å². The number of halogens is 3. The fourth-order valence-corrected chi connectivity index (χ4v) is 3.23. The van der Waals surface area contributed by atoms with Gasteiger partial charge in [-0.25, -0.2) is 8.78 Å². The van der Waals surface area contributed by atoms with Gasteiger partial charge < -0.3 is 5.32 Å². The summed E-state index contributed by atoms with van der Waals surface area (Å²) in [6, 6.07) is 2.22. The number of rotatable bonds is 5. The van der Waals surface area contributed by atoms with E-state index in [2.05, 4.69) is 21.2 Å². The minimum Gasteiger partial charge on any atom is -0.352 e. The minimum atomic E-state index is -0.830. The van der Waals surface area contributed by atoms with Crippen LogP contribution in [0.3, 0.4) is 0 Å². The molecule has 2 saturated carbocycles. The smallest absolute Gasteiger partial charge is 0.257 e. The third-order valence-electron chi connectivity index (χ3n) is 4.19. The highest BCUT2D eigenvalue weighted by atomic mass is 79.9. The maximum Gasteiger partial charge on any atom is 0.257 e. The predicted octanol–water partition coefficient (Wildman–Crippen LogP) is 3.89.